The van der Waals surface area contributed by atoms with Crippen LogP contribution in [0.1, 0.15) is 45.2 Å². The predicted molar refractivity (Wildman–Crippen MR) is 160 cm³/mol. The van der Waals surface area contributed by atoms with Gasteiger partial charge in [-0.05, 0) is 93.5 Å². The third-order valence-electron chi connectivity index (χ3n) is 6.74. The molecule has 2 heterocycles. The van der Waals surface area contributed by atoms with E-state index in [2.05, 4.69) is 27.9 Å². The third-order valence-corrected chi connectivity index (χ3v) is 9.28. The first-order chi connectivity index (χ1) is 19.2. The fourth-order valence-electron chi connectivity index (χ4n) is 4.90. The molecule has 12 heteroatoms. The number of esters is 1. The summed E-state index contributed by atoms with van der Waals surface area (Å²) in [7, 11) is -4.17. The SMILES string of the molecule is CCOC(=O)C1=C(S(=O)(=O)c2ccc(C)cc2)CN2CCC(Cc3cccc(I)c3)(NC(=O)OC(C)(C)C)C(=O)N12. The van der Waals surface area contributed by atoms with Crippen molar-refractivity contribution in [2.24, 2.45) is 0 Å². The maximum atomic E-state index is 14.5. The summed E-state index contributed by atoms with van der Waals surface area (Å²) in [5.74, 6) is -1.58. The standard InChI is InChI=1S/C29H34IN3O7S/c1-6-39-25(34)24-23(41(37,38)22-12-10-19(2)11-13-22)18-32-15-14-29(26(35)33(24)32,31-27(36)40-28(3,4)5)17-20-8-7-9-21(30)16-20/h7-13,16H,6,14-15,17-18H2,1-5H3,(H,31,36). The lowest BCUT2D eigenvalue weighted by Crippen LogP contribution is -2.68. The maximum absolute atomic E-state index is 14.5. The lowest BCUT2D eigenvalue weighted by atomic mass is 9.84. The molecule has 0 saturated carbocycles. The van der Waals surface area contributed by atoms with Crippen molar-refractivity contribution in [1.82, 2.24) is 15.3 Å². The van der Waals surface area contributed by atoms with Crippen LogP contribution in [0.5, 0.6) is 0 Å². The summed E-state index contributed by atoms with van der Waals surface area (Å²) in [5, 5.41) is 5.39. The highest BCUT2D eigenvalue weighted by Crippen LogP contribution is 2.38. The van der Waals surface area contributed by atoms with Gasteiger partial charge in [0.05, 0.1) is 23.0 Å². The van der Waals surface area contributed by atoms with Gasteiger partial charge in [-0.3, -0.25) is 4.79 Å². The van der Waals surface area contributed by atoms with Crippen molar-refractivity contribution in [3.05, 3.63) is 73.8 Å². The van der Waals surface area contributed by atoms with Crippen LogP contribution >= 0.6 is 22.6 Å². The van der Waals surface area contributed by atoms with Crippen molar-refractivity contribution in [3.63, 3.8) is 0 Å². The van der Waals surface area contributed by atoms with Gasteiger partial charge in [0.2, 0.25) is 9.84 Å². The molecule has 0 aliphatic carbocycles. The van der Waals surface area contributed by atoms with Crippen LogP contribution in [-0.4, -0.2) is 67.2 Å². The maximum Gasteiger partial charge on any atom is 0.408 e. The predicted octanol–water partition coefficient (Wildman–Crippen LogP) is 4.12. The zero-order chi connectivity index (χ0) is 30.2. The van der Waals surface area contributed by atoms with Gasteiger partial charge in [0.1, 0.15) is 11.1 Å². The molecular weight excluding hydrogens is 661 g/mol. The zero-order valence-corrected chi connectivity index (χ0v) is 26.7. The Hall–Kier alpha value is -2.97. The number of rotatable bonds is 7. The molecule has 1 saturated heterocycles. The van der Waals surface area contributed by atoms with E-state index in [9.17, 15) is 22.8 Å². The van der Waals surface area contributed by atoms with Gasteiger partial charge in [-0.2, -0.15) is 0 Å². The molecule has 1 unspecified atom stereocenters. The van der Waals surface area contributed by atoms with E-state index in [0.717, 1.165) is 19.7 Å². The number of hydrogen-bond donors (Lipinski definition) is 1. The molecule has 0 radical (unpaired) electrons. The monoisotopic (exact) mass is 695 g/mol. The Bertz CT molecular complexity index is 1500. The van der Waals surface area contributed by atoms with Gasteiger partial charge in [-0.1, -0.05) is 29.8 Å². The van der Waals surface area contributed by atoms with Crippen LogP contribution in [0.4, 0.5) is 4.79 Å². The number of alkyl carbamates (subject to hydrolysis) is 1. The number of aryl methyl sites for hydroxylation is 1. The summed E-state index contributed by atoms with van der Waals surface area (Å²) in [5.41, 5.74) is -1.06. The smallest absolute Gasteiger partial charge is 0.408 e. The molecule has 0 spiro atoms. The van der Waals surface area contributed by atoms with Gasteiger partial charge in [0, 0.05) is 16.5 Å². The second-order valence-electron chi connectivity index (χ2n) is 11.1. The van der Waals surface area contributed by atoms with Crippen molar-refractivity contribution in [2.45, 2.75) is 63.5 Å². The molecule has 0 aromatic heterocycles. The number of hydrazine groups is 1. The summed E-state index contributed by atoms with van der Waals surface area (Å²) >= 11 is 2.17. The third kappa shape index (κ3) is 6.59. The zero-order valence-electron chi connectivity index (χ0n) is 23.7. The molecule has 2 aromatic carbocycles. The molecule has 0 bridgehead atoms. The Morgan fingerprint density at radius 1 is 1.12 bits per heavy atom. The first-order valence-electron chi connectivity index (χ1n) is 13.2. The Morgan fingerprint density at radius 3 is 2.41 bits per heavy atom. The van der Waals surface area contributed by atoms with Crippen LogP contribution in [0.25, 0.3) is 0 Å². The minimum Gasteiger partial charge on any atom is -0.461 e. The van der Waals surface area contributed by atoms with E-state index >= 15 is 0 Å². The van der Waals surface area contributed by atoms with E-state index in [4.69, 9.17) is 9.47 Å². The minimum atomic E-state index is -4.17. The average molecular weight is 696 g/mol. The number of sulfone groups is 1. The summed E-state index contributed by atoms with van der Waals surface area (Å²) in [6.45, 7) is 8.55. The van der Waals surface area contributed by atoms with E-state index in [-0.39, 0.29) is 48.0 Å². The molecule has 2 amide bonds. The van der Waals surface area contributed by atoms with E-state index in [1.807, 2.05) is 31.2 Å². The number of nitrogens with one attached hydrogen (secondary N) is 1. The summed E-state index contributed by atoms with van der Waals surface area (Å²) in [4.78, 5) is 40.6. The van der Waals surface area contributed by atoms with E-state index in [1.54, 1.807) is 39.8 Å². The normalized spacial score (nSPS) is 19.7. The van der Waals surface area contributed by atoms with Gasteiger partial charge in [-0.25, -0.2) is 28.0 Å². The lowest BCUT2D eigenvalue weighted by Gasteiger charge is -2.45. The number of ether oxygens (including phenoxy) is 2. The number of halogens is 1. The highest BCUT2D eigenvalue weighted by molar-refractivity contribution is 14.1. The molecule has 41 heavy (non-hydrogen) atoms. The van der Waals surface area contributed by atoms with Crippen molar-refractivity contribution in [1.29, 1.82) is 0 Å². The number of nitrogens with zero attached hydrogens (tertiary/aromatic N) is 2. The number of fused-ring (bicyclic) bond motifs is 1. The summed E-state index contributed by atoms with van der Waals surface area (Å²) in [6, 6.07) is 13.8. The van der Waals surface area contributed by atoms with Crippen LogP contribution < -0.4 is 5.32 Å². The van der Waals surface area contributed by atoms with Crippen molar-refractivity contribution in [2.75, 3.05) is 19.7 Å². The summed E-state index contributed by atoms with van der Waals surface area (Å²) in [6.07, 6.45) is -0.540. The van der Waals surface area contributed by atoms with Gasteiger partial charge < -0.3 is 14.8 Å². The van der Waals surface area contributed by atoms with Gasteiger partial charge in [0.15, 0.2) is 5.70 Å². The number of carbonyl (C=O) groups excluding carboxylic acids is 3. The topological polar surface area (TPSA) is 122 Å². The molecule has 1 atom stereocenters. The largest absolute Gasteiger partial charge is 0.461 e. The highest BCUT2D eigenvalue weighted by atomic mass is 127. The number of hydrogen-bond acceptors (Lipinski definition) is 8. The van der Waals surface area contributed by atoms with Crippen molar-refractivity contribution < 1.29 is 32.3 Å². The highest BCUT2D eigenvalue weighted by Gasteiger charge is 2.55. The van der Waals surface area contributed by atoms with E-state index < -0.39 is 38.9 Å². The quantitative estimate of drug-likeness (QED) is 0.340. The minimum absolute atomic E-state index is 0.00500. The van der Waals surface area contributed by atoms with Gasteiger partial charge >= 0.3 is 12.1 Å². The number of carbonyl (C=O) groups is 3. The van der Waals surface area contributed by atoms with E-state index in [0.29, 0.717) is 0 Å². The second-order valence-corrected chi connectivity index (χ2v) is 14.3. The average Bonchev–Trinajstić information content (AvgIpc) is 3.27. The molecule has 2 aliphatic heterocycles. The Morgan fingerprint density at radius 2 is 1.80 bits per heavy atom. The lowest BCUT2D eigenvalue weighted by molar-refractivity contribution is -0.162. The summed E-state index contributed by atoms with van der Waals surface area (Å²) < 4.78 is 39.3. The molecule has 220 valence electrons. The molecule has 10 nitrogen and oxygen atoms in total. The first-order valence-corrected chi connectivity index (χ1v) is 15.8. The number of benzene rings is 2. The van der Waals surface area contributed by atoms with Crippen LogP contribution in [0.2, 0.25) is 0 Å². The molecule has 1 N–H and O–H groups in total. The Labute approximate surface area is 254 Å². The fourth-order valence-corrected chi connectivity index (χ4v) is 7.03. The van der Waals surface area contributed by atoms with Crippen molar-refractivity contribution in [3.8, 4) is 0 Å². The van der Waals surface area contributed by atoms with Crippen LogP contribution in [-0.2, 0) is 35.3 Å². The molecule has 2 aromatic rings. The van der Waals surface area contributed by atoms with Crippen molar-refractivity contribution >= 4 is 50.4 Å². The van der Waals surface area contributed by atoms with Gasteiger partial charge in [-0.15, -0.1) is 0 Å². The Balaban J connectivity index is 1.83. The molecule has 1 fully saturated rings. The van der Waals surface area contributed by atoms with E-state index in [1.165, 1.54) is 17.1 Å². The van der Waals surface area contributed by atoms with Crippen LogP contribution in [0, 0.1) is 10.5 Å². The number of amides is 2. The Kier molecular flexibility index (Phi) is 8.86. The first kappa shape index (κ1) is 31.0. The fraction of sp³-hybridized carbons (Fsp3) is 0.414. The molecular formula is C29H34IN3O7S. The van der Waals surface area contributed by atoms with Crippen LogP contribution in [0.15, 0.2) is 64.0 Å². The molecule has 2 aliphatic rings. The van der Waals surface area contributed by atoms with Gasteiger partial charge in [0.25, 0.3) is 5.91 Å². The molecule has 4 rings (SSSR count). The second kappa shape index (κ2) is 11.7. The van der Waals surface area contributed by atoms with Crippen LogP contribution in [0.3, 0.4) is 0 Å².